The number of rotatable bonds is 5. The molecule has 1 saturated heterocycles. The molecule has 0 aromatic heterocycles. The van der Waals surface area contributed by atoms with Gasteiger partial charge in [0.1, 0.15) is 0 Å². The van der Waals surface area contributed by atoms with E-state index in [0.29, 0.717) is 6.04 Å². The van der Waals surface area contributed by atoms with Gasteiger partial charge in [0, 0.05) is 37.8 Å². The number of piperazine rings is 1. The van der Waals surface area contributed by atoms with Crippen molar-refractivity contribution in [2.75, 3.05) is 26.2 Å². The zero-order valence-electron chi connectivity index (χ0n) is 12.5. The van der Waals surface area contributed by atoms with Crippen LogP contribution in [0.4, 0.5) is 0 Å². The van der Waals surface area contributed by atoms with Gasteiger partial charge in [0.15, 0.2) is 0 Å². The predicted octanol–water partition coefficient (Wildman–Crippen LogP) is 2.26. The minimum atomic E-state index is -0.0466. The molecule has 102 valence electrons. The molecular weight excluding hydrogens is 212 g/mol. The van der Waals surface area contributed by atoms with Crippen LogP contribution in [0.1, 0.15) is 48.0 Å². The molecule has 0 saturated carbocycles. The number of ether oxygens (including phenoxy) is 1. The fourth-order valence-corrected chi connectivity index (χ4v) is 2.56. The molecule has 1 N–H and O–H groups in total. The lowest BCUT2D eigenvalue weighted by Gasteiger charge is -2.47. The van der Waals surface area contributed by atoms with Crippen LogP contribution in [-0.4, -0.2) is 48.3 Å². The Morgan fingerprint density at radius 1 is 1.41 bits per heavy atom. The highest BCUT2D eigenvalue weighted by Gasteiger charge is 2.35. The summed E-state index contributed by atoms with van der Waals surface area (Å²) >= 11 is 0. The highest BCUT2D eigenvalue weighted by Crippen LogP contribution is 2.22. The van der Waals surface area contributed by atoms with Gasteiger partial charge in [-0.1, -0.05) is 6.92 Å². The van der Waals surface area contributed by atoms with Crippen LogP contribution in [0.3, 0.4) is 0 Å². The molecule has 1 aliphatic heterocycles. The minimum Gasteiger partial charge on any atom is -0.375 e. The molecule has 0 spiro atoms. The van der Waals surface area contributed by atoms with Gasteiger partial charge in [-0.25, -0.2) is 0 Å². The molecule has 3 nitrogen and oxygen atoms in total. The maximum Gasteiger partial charge on any atom is 0.0752 e. The molecule has 3 heteroatoms. The molecule has 0 aromatic carbocycles. The fourth-order valence-electron chi connectivity index (χ4n) is 2.56. The van der Waals surface area contributed by atoms with Crippen LogP contribution in [-0.2, 0) is 4.74 Å². The largest absolute Gasteiger partial charge is 0.375 e. The first-order chi connectivity index (χ1) is 7.82. The second kappa shape index (κ2) is 5.68. The summed E-state index contributed by atoms with van der Waals surface area (Å²) in [6.07, 6.45) is 1.17. The van der Waals surface area contributed by atoms with Crippen LogP contribution < -0.4 is 5.32 Å². The van der Waals surface area contributed by atoms with E-state index in [9.17, 15) is 0 Å². The molecule has 0 bridgehead atoms. The molecular formula is C14H30N2O. The quantitative estimate of drug-likeness (QED) is 0.800. The van der Waals surface area contributed by atoms with Crippen molar-refractivity contribution in [3.05, 3.63) is 0 Å². The van der Waals surface area contributed by atoms with Gasteiger partial charge in [-0.2, -0.15) is 0 Å². The molecule has 0 aliphatic carbocycles. The van der Waals surface area contributed by atoms with Gasteiger partial charge in [0.05, 0.1) is 5.60 Å². The van der Waals surface area contributed by atoms with Crippen LogP contribution in [0.25, 0.3) is 0 Å². The summed E-state index contributed by atoms with van der Waals surface area (Å²) in [6, 6.07) is 0.592. The first-order valence-corrected chi connectivity index (χ1v) is 6.95. The second-order valence-corrected chi connectivity index (χ2v) is 6.24. The van der Waals surface area contributed by atoms with Crippen molar-refractivity contribution in [2.45, 2.75) is 65.1 Å². The number of nitrogens with zero attached hydrogens (tertiary/aromatic N) is 1. The average molecular weight is 242 g/mol. The molecule has 0 amide bonds. The Kier molecular flexibility index (Phi) is 4.99. The standard InChI is InChI=1S/C14H30N2O/c1-7-14(6)11-16(12(3)9-15-14)10-13(4,5)17-8-2/h12,15H,7-11H2,1-6H3. The van der Waals surface area contributed by atoms with Gasteiger partial charge in [-0.05, 0) is 41.0 Å². The Morgan fingerprint density at radius 2 is 2.06 bits per heavy atom. The number of hydrogen-bond donors (Lipinski definition) is 1. The molecule has 1 aliphatic rings. The van der Waals surface area contributed by atoms with E-state index >= 15 is 0 Å². The van der Waals surface area contributed by atoms with Gasteiger partial charge in [0.25, 0.3) is 0 Å². The number of nitrogens with one attached hydrogen (secondary N) is 1. The highest BCUT2D eigenvalue weighted by molar-refractivity contribution is 4.94. The lowest BCUT2D eigenvalue weighted by atomic mass is 9.92. The van der Waals surface area contributed by atoms with Crippen molar-refractivity contribution in [3.8, 4) is 0 Å². The Balaban J connectivity index is 2.61. The number of hydrogen-bond acceptors (Lipinski definition) is 3. The summed E-state index contributed by atoms with van der Waals surface area (Å²) in [5, 5.41) is 3.66. The molecule has 1 fully saturated rings. The summed E-state index contributed by atoms with van der Waals surface area (Å²) in [7, 11) is 0. The molecule has 0 aromatic rings. The van der Waals surface area contributed by atoms with Crippen LogP contribution in [0, 0.1) is 0 Å². The molecule has 0 radical (unpaired) electrons. The van der Waals surface area contributed by atoms with Crippen LogP contribution in [0.15, 0.2) is 0 Å². The SMILES string of the molecule is CCOC(C)(C)CN1CC(C)(CC)NCC1C. The van der Waals surface area contributed by atoms with E-state index in [0.717, 1.165) is 26.2 Å². The summed E-state index contributed by atoms with van der Waals surface area (Å²) in [6.45, 7) is 17.3. The Morgan fingerprint density at radius 3 is 2.59 bits per heavy atom. The van der Waals surface area contributed by atoms with E-state index in [1.807, 2.05) is 0 Å². The van der Waals surface area contributed by atoms with E-state index in [-0.39, 0.29) is 11.1 Å². The summed E-state index contributed by atoms with van der Waals surface area (Å²) < 4.78 is 5.82. The van der Waals surface area contributed by atoms with Crippen molar-refractivity contribution in [1.82, 2.24) is 10.2 Å². The Bertz CT molecular complexity index is 242. The van der Waals surface area contributed by atoms with Crippen molar-refractivity contribution >= 4 is 0 Å². The first kappa shape index (κ1) is 14.9. The average Bonchev–Trinajstić information content (AvgIpc) is 2.23. The first-order valence-electron chi connectivity index (χ1n) is 6.95. The Labute approximate surface area is 107 Å². The third-order valence-corrected chi connectivity index (χ3v) is 3.90. The highest BCUT2D eigenvalue weighted by atomic mass is 16.5. The minimum absolute atomic E-state index is 0.0466. The van der Waals surface area contributed by atoms with Crippen molar-refractivity contribution in [1.29, 1.82) is 0 Å². The lowest BCUT2D eigenvalue weighted by Crippen LogP contribution is -2.63. The van der Waals surface area contributed by atoms with Gasteiger partial charge in [0.2, 0.25) is 0 Å². The van der Waals surface area contributed by atoms with Gasteiger partial charge >= 0.3 is 0 Å². The van der Waals surface area contributed by atoms with Crippen molar-refractivity contribution < 1.29 is 4.74 Å². The smallest absolute Gasteiger partial charge is 0.0752 e. The predicted molar refractivity (Wildman–Crippen MR) is 73.4 cm³/mol. The Hall–Kier alpha value is -0.120. The van der Waals surface area contributed by atoms with Crippen molar-refractivity contribution in [2.24, 2.45) is 0 Å². The monoisotopic (exact) mass is 242 g/mol. The molecule has 17 heavy (non-hydrogen) atoms. The van der Waals surface area contributed by atoms with Crippen LogP contribution in [0.5, 0.6) is 0 Å². The van der Waals surface area contributed by atoms with Gasteiger partial charge in [-0.15, -0.1) is 0 Å². The third-order valence-electron chi connectivity index (χ3n) is 3.90. The second-order valence-electron chi connectivity index (χ2n) is 6.24. The van der Waals surface area contributed by atoms with Gasteiger partial charge in [-0.3, -0.25) is 4.90 Å². The van der Waals surface area contributed by atoms with E-state index in [2.05, 4.69) is 51.8 Å². The van der Waals surface area contributed by atoms with E-state index in [4.69, 9.17) is 4.74 Å². The molecule has 2 unspecified atom stereocenters. The molecule has 2 atom stereocenters. The molecule has 1 rings (SSSR count). The topological polar surface area (TPSA) is 24.5 Å². The van der Waals surface area contributed by atoms with E-state index in [1.54, 1.807) is 0 Å². The van der Waals surface area contributed by atoms with Gasteiger partial charge < -0.3 is 10.1 Å². The normalized spacial score (nSPS) is 31.8. The summed E-state index contributed by atoms with van der Waals surface area (Å²) in [4.78, 5) is 2.57. The maximum atomic E-state index is 5.82. The van der Waals surface area contributed by atoms with E-state index in [1.165, 1.54) is 6.42 Å². The lowest BCUT2D eigenvalue weighted by molar-refractivity contribution is -0.0529. The van der Waals surface area contributed by atoms with Crippen molar-refractivity contribution in [3.63, 3.8) is 0 Å². The summed E-state index contributed by atoms with van der Waals surface area (Å²) in [5.74, 6) is 0. The van der Waals surface area contributed by atoms with E-state index < -0.39 is 0 Å². The third kappa shape index (κ3) is 4.23. The van der Waals surface area contributed by atoms with Crippen LogP contribution >= 0.6 is 0 Å². The maximum absolute atomic E-state index is 5.82. The molecule has 1 heterocycles. The van der Waals surface area contributed by atoms with Crippen LogP contribution in [0.2, 0.25) is 0 Å². The summed E-state index contributed by atoms with van der Waals surface area (Å²) in [5.41, 5.74) is 0.212. The zero-order chi connectivity index (χ0) is 13.1. The zero-order valence-corrected chi connectivity index (χ0v) is 12.5. The fraction of sp³-hybridized carbons (Fsp3) is 1.00.